The number of rotatable bonds is 3. The number of amides is 1. The number of halogens is 3. The zero-order chi connectivity index (χ0) is 16.4. The van der Waals surface area contributed by atoms with Crippen molar-refractivity contribution >= 4 is 11.7 Å². The minimum absolute atomic E-state index is 0.0356. The van der Waals surface area contributed by atoms with Crippen molar-refractivity contribution in [3.05, 3.63) is 59.3 Å². The number of carbonyl (C=O) groups excluding carboxylic acids is 1. The third kappa shape index (κ3) is 3.50. The number of hydrogen-bond acceptors (Lipinski definition) is 3. The molecule has 0 bridgehead atoms. The summed E-state index contributed by atoms with van der Waals surface area (Å²) in [4.78, 5) is 17.1. The molecular weight excluding hydrogens is 309 g/mol. The zero-order valence-electron chi connectivity index (χ0n) is 12.0. The first kappa shape index (κ1) is 15.5. The molecule has 0 aliphatic carbocycles. The van der Waals surface area contributed by atoms with Crippen LogP contribution < -0.4 is 4.90 Å². The van der Waals surface area contributed by atoms with E-state index in [0.717, 1.165) is 11.1 Å². The number of pyridine rings is 1. The Morgan fingerprint density at radius 3 is 2.65 bits per heavy atom. The van der Waals surface area contributed by atoms with Crippen molar-refractivity contribution < 1.29 is 22.7 Å². The van der Waals surface area contributed by atoms with Gasteiger partial charge >= 0.3 is 6.18 Å². The van der Waals surface area contributed by atoms with Crippen LogP contribution in [0.15, 0.2) is 42.6 Å². The van der Waals surface area contributed by atoms with Gasteiger partial charge in [0.1, 0.15) is 12.4 Å². The van der Waals surface area contributed by atoms with Crippen molar-refractivity contribution in [1.82, 2.24) is 4.98 Å². The van der Waals surface area contributed by atoms with Gasteiger partial charge < -0.3 is 4.74 Å². The van der Waals surface area contributed by atoms with Gasteiger partial charge in [-0.05, 0) is 35.4 Å². The van der Waals surface area contributed by atoms with Gasteiger partial charge in [-0.3, -0.25) is 9.69 Å². The second kappa shape index (κ2) is 6.00. The Labute approximate surface area is 130 Å². The summed E-state index contributed by atoms with van der Waals surface area (Å²) >= 11 is 0. The normalized spacial score (nSPS) is 13.7. The summed E-state index contributed by atoms with van der Waals surface area (Å²) in [6.45, 7) is -0.577. The summed E-state index contributed by atoms with van der Waals surface area (Å²) in [7, 11) is 0. The van der Waals surface area contributed by atoms with E-state index in [1.807, 2.05) is 0 Å². The topological polar surface area (TPSA) is 42.4 Å². The highest BCUT2D eigenvalue weighted by atomic mass is 19.4. The van der Waals surface area contributed by atoms with Crippen molar-refractivity contribution in [3.63, 3.8) is 0 Å². The number of fused-ring (bicyclic) bond motifs is 1. The highest BCUT2D eigenvalue weighted by Crippen LogP contribution is 2.25. The summed E-state index contributed by atoms with van der Waals surface area (Å²) in [5.74, 6) is -0.776. The molecule has 0 saturated heterocycles. The van der Waals surface area contributed by atoms with Crippen LogP contribution in [0.4, 0.5) is 19.0 Å². The number of hydrogen-bond donors (Lipinski definition) is 0. The first-order chi connectivity index (χ1) is 10.9. The molecule has 0 radical (unpaired) electrons. The van der Waals surface area contributed by atoms with E-state index in [9.17, 15) is 18.0 Å². The summed E-state index contributed by atoms with van der Waals surface area (Å²) in [5.41, 5.74) is 1.95. The average Bonchev–Trinajstić information content (AvgIpc) is 2.99. The predicted molar refractivity (Wildman–Crippen MR) is 76.9 cm³/mol. The second-order valence-electron chi connectivity index (χ2n) is 5.17. The lowest BCUT2D eigenvalue weighted by Crippen LogP contribution is -2.39. The molecule has 1 aliphatic heterocycles. The first-order valence-corrected chi connectivity index (χ1v) is 6.93. The van der Waals surface area contributed by atoms with Crippen LogP contribution in [0, 0.1) is 0 Å². The fraction of sp³-hybridized carbons (Fsp3) is 0.250. The van der Waals surface area contributed by atoms with Gasteiger partial charge in [0.25, 0.3) is 5.91 Å². The Bertz CT molecular complexity index is 717. The molecule has 0 saturated carbocycles. The van der Waals surface area contributed by atoms with E-state index in [1.165, 1.54) is 24.4 Å². The molecule has 1 aliphatic rings. The molecule has 1 amide bonds. The van der Waals surface area contributed by atoms with Gasteiger partial charge in [0.15, 0.2) is 0 Å². The summed E-state index contributed by atoms with van der Waals surface area (Å²) in [6, 6.07) is 9.29. The Kier molecular flexibility index (Phi) is 4.04. The Morgan fingerprint density at radius 2 is 1.96 bits per heavy atom. The highest BCUT2D eigenvalue weighted by molar-refractivity contribution is 6.05. The van der Waals surface area contributed by atoms with E-state index in [2.05, 4.69) is 4.98 Å². The largest absolute Gasteiger partial charge is 0.406 e. The maximum Gasteiger partial charge on any atom is 0.406 e. The Balaban J connectivity index is 1.94. The first-order valence-electron chi connectivity index (χ1n) is 6.93. The number of anilines is 1. The van der Waals surface area contributed by atoms with E-state index < -0.39 is 18.6 Å². The SMILES string of the molecule is O=C(c1ccc2c(c1)COC2)N(CC(F)(F)F)c1ccccn1. The Hall–Kier alpha value is -2.41. The third-order valence-electron chi connectivity index (χ3n) is 3.48. The van der Waals surface area contributed by atoms with Gasteiger partial charge in [0.05, 0.1) is 13.2 Å². The summed E-state index contributed by atoms with van der Waals surface area (Å²) in [5, 5.41) is 0. The van der Waals surface area contributed by atoms with Gasteiger partial charge in [0, 0.05) is 11.8 Å². The fourth-order valence-electron chi connectivity index (χ4n) is 2.41. The van der Waals surface area contributed by atoms with Crippen molar-refractivity contribution in [3.8, 4) is 0 Å². The lowest BCUT2D eigenvalue weighted by molar-refractivity contribution is -0.118. The average molecular weight is 322 g/mol. The van der Waals surface area contributed by atoms with Crippen LogP contribution in [0.1, 0.15) is 21.5 Å². The number of nitrogens with zero attached hydrogens (tertiary/aromatic N) is 2. The molecule has 0 atom stereocenters. The molecule has 3 rings (SSSR count). The van der Waals surface area contributed by atoms with Gasteiger partial charge in [-0.15, -0.1) is 0 Å². The maximum absolute atomic E-state index is 12.8. The molecule has 23 heavy (non-hydrogen) atoms. The van der Waals surface area contributed by atoms with Gasteiger partial charge in [-0.2, -0.15) is 13.2 Å². The van der Waals surface area contributed by atoms with Crippen molar-refractivity contribution in [2.45, 2.75) is 19.4 Å². The third-order valence-corrected chi connectivity index (χ3v) is 3.48. The van der Waals surface area contributed by atoms with Crippen LogP contribution in [-0.2, 0) is 18.0 Å². The molecule has 2 heterocycles. The van der Waals surface area contributed by atoms with Crippen LogP contribution in [0.2, 0.25) is 0 Å². The van der Waals surface area contributed by atoms with Crippen molar-refractivity contribution in [1.29, 1.82) is 0 Å². The number of alkyl halides is 3. The minimum Gasteiger partial charge on any atom is -0.372 e. The van der Waals surface area contributed by atoms with E-state index >= 15 is 0 Å². The molecule has 7 heteroatoms. The number of aromatic nitrogens is 1. The van der Waals surface area contributed by atoms with Crippen LogP contribution >= 0.6 is 0 Å². The number of benzene rings is 1. The van der Waals surface area contributed by atoms with Crippen LogP contribution in [0.5, 0.6) is 0 Å². The molecule has 120 valence electrons. The Morgan fingerprint density at radius 1 is 1.17 bits per heavy atom. The number of ether oxygens (including phenoxy) is 1. The molecule has 4 nitrogen and oxygen atoms in total. The monoisotopic (exact) mass is 322 g/mol. The minimum atomic E-state index is -4.52. The van der Waals surface area contributed by atoms with Gasteiger partial charge in [0.2, 0.25) is 0 Å². The van der Waals surface area contributed by atoms with Gasteiger partial charge in [-0.25, -0.2) is 4.98 Å². The standard InChI is InChI=1S/C16H13F3N2O2/c17-16(18,19)10-21(14-3-1-2-6-20-14)15(22)11-4-5-12-8-23-9-13(12)7-11/h1-7H,8-10H2. The number of carbonyl (C=O) groups is 1. The van der Waals surface area contributed by atoms with Crippen LogP contribution in [0.3, 0.4) is 0 Å². The van der Waals surface area contributed by atoms with E-state index in [1.54, 1.807) is 18.2 Å². The smallest absolute Gasteiger partial charge is 0.372 e. The molecule has 1 aromatic carbocycles. The molecule has 0 unspecified atom stereocenters. The van der Waals surface area contributed by atoms with Crippen molar-refractivity contribution in [2.24, 2.45) is 0 Å². The highest BCUT2D eigenvalue weighted by Gasteiger charge is 2.35. The molecule has 2 aromatic rings. The van der Waals surface area contributed by atoms with E-state index in [0.29, 0.717) is 18.1 Å². The predicted octanol–water partition coefficient (Wildman–Crippen LogP) is 3.32. The molecule has 0 fully saturated rings. The summed E-state index contributed by atoms with van der Waals surface area (Å²) in [6.07, 6.45) is -3.17. The molecule has 1 aromatic heterocycles. The molecule has 0 spiro atoms. The van der Waals surface area contributed by atoms with E-state index in [4.69, 9.17) is 4.74 Å². The molecular formula is C16H13F3N2O2. The lowest BCUT2D eigenvalue weighted by atomic mass is 10.1. The zero-order valence-corrected chi connectivity index (χ0v) is 12.0. The van der Waals surface area contributed by atoms with Crippen LogP contribution in [0.25, 0.3) is 0 Å². The molecule has 0 N–H and O–H groups in total. The maximum atomic E-state index is 12.8. The fourth-order valence-corrected chi connectivity index (χ4v) is 2.41. The quantitative estimate of drug-likeness (QED) is 0.870. The lowest BCUT2D eigenvalue weighted by Gasteiger charge is -2.23. The summed E-state index contributed by atoms with van der Waals surface area (Å²) < 4.78 is 43.8. The second-order valence-corrected chi connectivity index (χ2v) is 5.17. The van der Waals surface area contributed by atoms with Crippen LogP contribution in [-0.4, -0.2) is 23.6 Å². The van der Waals surface area contributed by atoms with Gasteiger partial charge in [-0.1, -0.05) is 12.1 Å². The van der Waals surface area contributed by atoms with Crippen molar-refractivity contribution in [2.75, 3.05) is 11.4 Å². The van der Waals surface area contributed by atoms with E-state index in [-0.39, 0.29) is 11.4 Å².